The highest BCUT2D eigenvalue weighted by atomic mass is 16.6. The Balaban J connectivity index is 1.75. The van der Waals surface area contributed by atoms with E-state index in [-0.39, 0.29) is 37.6 Å². The van der Waals surface area contributed by atoms with E-state index in [4.69, 9.17) is 9.47 Å². The Morgan fingerprint density at radius 3 is 2.32 bits per heavy atom. The Bertz CT molecular complexity index is 1360. The monoisotopic (exact) mass is 651 g/mol. The van der Waals surface area contributed by atoms with E-state index in [1.165, 1.54) is 0 Å². The summed E-state index contributed by atoms with van der Waals surface area (Å²) in [7, 11) is 0. The number of hydrogen-bond acceptors (Lipinski definition) is 7. The van der Waals surface area contributed by atoms with Crippen molar-refractivity contribution in [2.75, 3.05) is 18.0 Å². The number of fused-ring (bicyclic) bond motifs is 1. The molecule has 3 amide bonds. The zero-order valence-electron chi connectivity index (χ0n) is 29.0. The molecule has 1 aliphatic rings. The molecule has 0 aromatic heterocycles. The Morgan fingerprint density at radius 1 is 1.00 bits per heavy atom. The second-order valence-corrected chi connectivity index (χ2v) is 14.4. The van der Waals surface area contributed by atoms with Crippen LogP contribution in [-0.4, -0.2) is 65.9 Å². The van der Waals surface area contributed by atoms with Crippen LogP contribution >= 0.6 is 0 Å². The van der Waals surface area contributed by atoms with Crippen molar-refractivity contribution in [2.45, 2.75) is 111 Å². The van der Waals surface area contributed by atoms with Crippen molar-refractivity contribution < 1.29 is 33.8 Å². The maximum Gasteiger partial charge on any atom is 0.407 e. The second-order valence-electron chi connectivity index (χ2n) is 14.4. The third-order valence-corrected chi connectivity index (χ3v) is 8.14. The summed E-state index contributed by atoms with van der Waals surface area (Å²) < 4.78 is 11.3. The van der Waals surface area contributed by atoms with Crippen molar-refractivity contribution >= 4 is 29.6 Å². The summed E-state index contributed by atoms with van der Waals surface area (Å²) >= 11 is 0. The lowest BCUT2D eigenvalue weighted by atomic mass is 9.79. The number of nitrogens with zero attached hydrogens (tertiary/aromatic N) is 1. The van der Waals surface area contributed by atoms with Crippen LogP contribution in [0.5, 0.6) is 0 Å². The average Bonchev–Trinajstić information content (AvgIpc) is 2.99. The number of alkyl carbamates (subject to hydrolysis) is 1. The van der Waals surface area contributed by atoms with E-state index in [1.54, 1.807) is 56.9 Å². The Labute approximate surface area is 279 Å². The lowest BCUT2D eigenvalue weighted by Crippen LogP contribution is -2.49. The van der Waals surface area contributed by atoms with Gasteiger partial charge in [0.05, 0.1) is 24.3 Å². The van der Waals surface area contributed by atoms with Crippen molar-refractivity contribution in [1.82, 2.24) is 10.6 Å². The predicted octanol–water partition coefficient (Wildman–Crippen LogP) is 5.80. The van der Waals surface area contributed by atoms with Crippen LogP contribution < -0.4 is 15.5 Å². The van der Waals surface area contributed by atoms with Gasteiger partial charge in [0.25, 0.3) is 0 Å². The minimum absolute atomic E-state index is 0.0902. The van der Waals surface area contributed by atoms with Crippen LogP contribution in [0.4, 0.5) is 10.5 Å². The van der Waals surface area contributed by atoms with Gasteiger partial charge in [-0.05, 0) is 69.2 Å². The first-order chi connectivity index (χ1) is 22.1. The van der Waals surface area contributed by atoms with E-state index in [2.05, 4.69) is 10.6 Å². The molecule has 0 saturated carbocycles. The largest absolute Gasteiger partial charge is 0.457 e. The van der Waals surface area contributed by atoms with Crippen LogP contribution in [0, 0.1) is 11.3 Å². The molecule has 10 heteroatoms. The number of hydrogen-bond donors (Lipinski definition) is 3. The number of esters is 1. The lowest BCUT2D eigenvalue weighted by Gasteiger charge is -2.38. The van der Waals surface area contributed by atoms with Crippen molar-refractivity contribution in [3.05, 3.63) is 65.7 Å². The van der Waals surface area contributed by atoms with Crippen LogP contribution in [-0.2, 0) is 25.5 Å². The molecule has 3 rings (SSSR count). The van der Waals surface area contributed by atoms with Crippen LogP contribution in [0.15, 0.2) is 54.6 Å². The molecule has 1 aliphatic heterocycles. The number of ether oxygens (including phenoxy) is 2. The number of nitrogens with one attached hydrogen (secondary N) is 2. The Morgan fingerprint density at radius 2 is 1.66 bits per heavy atom. The van der Waals surface area contributed by atoms with Gasteiger partial charge in [0, 0.05) is 31.0 Å². The SMILES string of the molecule is CCCCNC(=O)[C@H](C)C[C@H](O)[C@H](CC(C)(C)CC(=O)N1CC(OC(=O)c2ccccc2)Cc2ccccc21)NC(=O)OC(C)(C)C. The minimum Gasteiger partial charge on any atom is -0.457 e. The summed E-state index contributed by atoms with van der Waals surface area (Å²) in [4.78, 5) is 54.0. The van der Waals surface area contributed by atoms with Crippen LogP contribution in [0.1, 0.15) is 96.5 Å². The van der Waals surface area contributed by atoms with Gasteiger partial charge in [-0.15, -0.1) is 0 Å². The third kappa shape index (κ3) is 12.0. The van der Waals surface area contributed by atoms with Gasteiger partial charge in [-0.2, -0.15) is 0 Å². The number of carbonyl (C=O) groups is 4. The van der Waals surface area contributed by atoms with Gasteiger partial charge < -0.3 is 30.1 Å². The Hall–Kier alpha value is -3.92. The molecule has 0 radical (unpaired) electrons. The fraction of sp³-hybridized carbons (Fsp3) is 0.568. The van der Waals surface area contributed by atoms with Crippen LogP contribution in [0.25, 0.3) is 0 Å². The summed E-state index contributed by atoms with van der Waals surface area (Å²) in [5.74, 6) is -1.26. The molecule has 0 aliphatic carbocycles. The number of unbranched alkanes of at least 4 members (excludes halogenated alkanes) is 1. The van der Waals surface area contributed by atoms with E-state index in [0.29, 0.717) is 18.5 Å². The zero-order valence-corrected chi connectivity index (χ0v) is 29.0. The normalized spacial score (nSPS) is 16.7. The van der Waals surface area contributed by atoms with Gasteiger partial charge in [-0.25, -0.2) is 9.59 Å². The topological polar surface area (TPSA) is 134 Å². The van der Waals surface area contributed by atoms with Gasteiger partial charge in [0.15, 0.2) is 0 Å². The highest BCUT2D eigenvalue weighted by molar-refractivity contribution is 5.95. The van der Waals surface area contributed by atoms with E-state index in [0.717, 1.165) is 24.1 Å². The van der Waals surface area contributed by atoms with Gasteiger partial charge in [0.2, 0.25) is 11.8 Å². The van der Waals surface area contributed by atoms with Crippen molar-refractivity contribution in [3.8, 4) is 0 Å². The third-order valence-electron chi connectivity index (χ3n) is 8.14. The molecule has 2 aromatic carbocycles. The molecular formula is C37H53N3O7. The molecule has 0 spiro atoms. The number of para-hydroxylation sites is 1. The summed E-state index contributed by atoms with van der Waals surface area (Å²) in [5.41, 5.74) is 0.681. The first kappa shape index (κ1) is 37.5. The van der Waals surface area contributed by atoms with E-state index in [9.17, 15) is 24.3 Å². The van der Waals surface area contributed by atoms with Crippen molar-refractivity contribution in [1.29, 1.82) is 0 Å². The first-order valence-electron chi connectivity index (χ1n) is 16.7. The van der Waals surface area contributed by atoms with Gasteiger partial charge in [0.1, 0.15) is 11.7 Å². The van der Waals surface area contributed by atoms with Crippen molar-refractivity contribution in [3.63, 3.8) is 0 Å². The van der Waals surface area contributed by atoms with Crippen LogP contribution in [0.2, 0.25) is 0 Å². The van der Waals surface area contributed by atoms with Gasteiger partial charge in [-0.1, -0.05) is 70.5 Å². The number of amides is 3. The van der Waals surface area contributed by atoms with E-state index in [1.807, 2.05) is 51.1 Å². The number of carbonyl (C=O) groups excluding carboxylic acids is 4. The molecule has 4 atom stereocenters. The summed E-state index contributed by atoms with van der Waals surface area (Å²) in [6.07, 6.45) is 0.477. The van der Waals surface area contributed by atoms with Crippen molar-refractivity contribution in [2.24, 2.45) is 11.3 Å². The average molecular weight is 652 g/mol. The van der Waals surface area contributed by atoms with E-state index < -0.39 is 47.2 Å². The van der Waals surface area contributed by atoms with E-state index >= 15 is 0 Å². The molecule has 1 heterocycles. The fourth-order valence-corrected chi connectivity index (χ4v) is 5.78. The smallest absolute Gasteiger partial charge is 0.407 e. The lowest BCUT2D eigenvalue weighted by molar-refractivity contribution is -0.125. The number of aliphatic hydroxyl groups excluding tert-OH is 1. The molecule has 0 fully saturated rings. The predicted molar refractivity (Wildman–Crippen MR) is 182 cm³/mol. The number of aliphatic hydroxyl groups is 1. The maximum absolute atomic E-state index is 14.0. The fourth-order valence-electron chi connectivity index (χ4n) is 5.78. The summed E-state index contributed by atoms with van der Waals surface area (Å²) in [6.45, 7) is 13.6. The minimum atomic E-state index is -1.07. The second kappa shape index (κ2) is 16.8. The maximum atomic E-state index is 14.0. The van der Waals surface area contributed by atoms with Crippen LogP contribution in [0.3, 0.4) is 0 Å². The molecule has 1 unspecified atom stereocenters. The number of benzene rings is 2. The molecule has 47 heavy (non-hydrogen) atoms. The van der Waals surface area contributed by atoms with Gasteiger partial charge >= 0.3 is 12.1 Å². The summed E-state index contributed by atoms with van der Waals surface area (Å²) in [5, 5.41) is 17.1. The standard InChI is InChI=1S/C37H53N3O7/c1-8-9-19-38-33(43)25(2)20-31(41)29(39-35(45)47-36(3,4)5)22-37(6,7)23-32(42)40-24-28(21-27-17-13-14-18-30(27)40)46-34(44)26-15-11-10-12-16-26/h10-18,25,28-29,31,41H,8-9,19-24H2,1-7H3,(H,38,43)(H,39,45)/t25-,28?,29+,31+/m1/s1. The number of anilines is 1. The zero-order chi connectivity index (χ0) is 34.8. The molecule has 10 nitrogen and oxygen atoms in total. The molecular weight excluding hydrogens is 598 g/mol. The highest BCUT2D eigenvalue weighted by Crippen LogP contribution is 2.34. The highest BCUT2D eigenvalue weighted by Gasteiger charge is 2.37. The quantitative estimate of drug-likeness (QED) is 0.174. The molecule has 258 valence electrons. The first-order valence-corrected chi connectivity index (χ1v) is 16.7. The number of rotatable bonds is 14. The summed E-state index contributed by atoms with van der Waals surface area (Å²) in [6, 6.07) is 15.6. The molecule has 2 aromatic rings. The van der Waals surface area contributed by atoms with Gasteiger partial charge in [-0.3, -0.25) is 9.59 Å². The molecule has 3 N–H and O–H groups in total. The molecule has 0 saturated heterocycles. The Kier molecular flexibility index (Phi) is 13.4. The molecule has 0 bridgehead atoms.